The van der Waals surface area contributed by atoms with Gasteiger partial charge in [-0.1, -0.05) is 32.9 Å². The largest absolute Gasteiger partial charge is 0.446 e. The van der Waals surface area contributed by atoms with Gasteiger partial charge in [0.1, 0.15) is 0 Å². The molecule has 2 N–H and O–H groups in total. The molecule has 9 heteroatoms. The lowest BCUT2D eigenvalue weighted by atomic mass is 9.87. The Morgan fingerprint density at radius 1 is 0.875 bits per heavy atom. The van der Waals surface area contributed by atoms with Gasteiger partial charge >= 0.3 is 5.51 Å². The normalized spacial score (nSPS) is 19.4. The van der Waals surface area contributed by atoms with Crippen molar-refractivity contribution in [1.82, 2.24) is 9.80 Å². The van der Waals surface area contributed by atoms with E-state index in [4.69, 9.17) is 0 Å². The van der Waals surface area contributed by atoms with E-state index in [2.05, 4.69) is 60.6 Å². The average molecular weight is 577 g/mol. The first-order chi connectivity index (χ1) is 18.9. The van der Waals surface area contributed by atoms with Crippen molar-refractivity contribution in [2.24, 2.45) is 0 Å². The first-order valence-corrected chi connectivity index (χ1v) is 15.3. The molecule has 2 heterocycles. The Bertz CT molecular complexity index is 1080. The highest BCUT2D eigenvalue weighted by atomic mass is 32.2. The quantitative estimate of drug-likeness (QED) is 0.306. The van der Waals surface area contributed by atoms with E-state index in [1.165, 1.54) is 23.4 Å². The zero-order valence-electron chi connectivity index (χ0n) is 23.9. The second-order valence-electron chi connectivity index (χ2n) is 12.1. The number of carbonyl (C=O) groups is 1. The molecule has 1 atom stereocenters. The molecule has 1 amide bonds. The fraction of sp³-hybridized carbons (Fsp3) is 0.581. The van der Waals surface area contributed by atoms with Crippen molar-refractivity contribution in [3.8, 4) is 0 Å². The predicted molar refractivity (Wildman–Crippen MR) is 159 cm³/mol. The number of nitrogens with zero attached hydrogens (tertiary/aromatic N) is 2. The van der Waals surface area contributed by atoms with Crippen LogP contribution in [0.1, 0.15) is 64.9 Å². The topological polar surface area (TPSA) is 47.6 Å². The summed E-state index contributed by atoms with van der Waals surface area (Å²) in [6, 6.07) is 15.7. The van der Waals surface area contributed by atoms with Gasteiger partial charge in [0.2, 0.25) is 5.91 Å². The van der Waals surface area contributed by atoms with Gasteiger partial charge < -0.3 is 20.4 Å². The molecule has 0 aromatic heterocycles. The zero-order valence-corrected chi connectivity index (χ0v) is 24.7. The summed E-state index contributed by atoms with van der Waals surface area (Å²) in [6.45, 7) is 11.1. The Hall–Kier alpha value is -2.39. The van der Waals surface area contributed by atoms with Crippen LogP contribution in [0.2, 0.25) is 0 Å². The molecule has 0 spiro atoms. The average Bonchev–Trinajstić information content (AvgIpc) is 2.90. The lowest BCUT2D eigenvalue weighted by Crippen LogP contribution is -2.45. The number of hydrogen-bond acceptors (Lipinski definition) is 5. The Morgan fingerprint density at radius 2 is 1.48 bits per heavy atom. The van der Waals surface area contributed by atoms with Crippen LogP contribution in [0.4, 0.5) is 24.5 Å². The first-order valence-electron chi connectivity index (χ1n) is 14.4. The molecule has 0 saturated carbocycles. The zero-order chi connectivity index (χ0) is 28.8. The van der Waals surface area contributed by atoms with E-state index < -0.39 is 5.51 Å². The molecule has 0 aliphatic carbocycles. The van der Waals surface area contributed by atoms with E-state index >= 15 is 0 Å². The van der Waals surface area contributed by atoms with E-state index in [0.717, 1.165) is 64.0 Å². The van der Waals surface area contributed by atoms with E-state index in [-0.39, 0.29) is 34.0 Å². The molecule has 2 aliphatic heterocycles. The van der Waals surface area contributed by atoms with Gasteiger partial charge in [-0.3, -0.25) is 4.79 Å². The number of benzene rings is 2. The molecule has 2 aliphatic rings. The number of alkyl halides is 3. The number of piperidine rings is 2. The van der Waals surface area contributed by atoms with Gasteiger partial charge in [-0.2, -0.15) is 13.2 Å². The molecule has 220 valence electrons. The molecule has 0 bridgehead atoms. The van der Waals surface area contributed by atoms with Crippen LogP contribution < -0.4 is 10.6 Å². The third-order valence-corrected chi connectivity index (χ3v) is 8.55. The van der Waals surface area contributed by atoms with Gasteiger partial charge in [0, 0.05) is 61.0 Å². The monoisotopic (exact) mass is 576 g/mol. The van der Waals surface area contributed by atoms with Gasteiger partial charge in [-0.05, 0) is 97.8 Å². The minimum atomic E-state index is -4.29. The van der Waals surface area contributed by atoms with Crippen LogP contribution in [-0.4, -0.2) is 66.0 Å². The summed E-state index contributed by atoms with van der Waals surface area (Å²) in [4.78, 5) is 17.5. The van der Waals surface area contributed by atoms with Gasteiger partial charge in [0.25, 0.3) is 0 Å². The Balaban J connectivity index is 1.13. The molecule has 2 fully saturated rings. The molecule has 4 rings (SSSR count). The number of hydrogen-bond donors (Lipinski definition) is 2. The van der Waals surface area contributed by atoms with Crippen LogP contribution in [0.15, 0.2) is 53.4 Å². The van der Waals surface area contributed by atoms with Gasteiger partial charge in [0.05, 0.1) is 0 Å². The standard InChI is InChI=1S/C31H43F3N4OS/c1-30(2,3)23-8-10-24(11-9-23)35-26-16-20-37(21-17-26)18-5-7-29(39)38-19-4-6-27(22-38)36-25-12-14-28(15-13-25)40-31(32,33)34/h8-15,26-27,35-36H,4-7,16-22H2,1-3H3. The molecule has 2 aromatic rings. The molecule has 2 saturated heterocycles. The van der Waals surface area contributed by atoms with Crippen molar-refractivity contribution in [3.63, 3.8) is 0 Å². The van der Waals surface area contributed by atoms with Crippen molar-refractivity contribution in [2.45, 2.75) is 87.2 Å². The van der Waals surface area contributed by atoms with Crippen molar-refractivity contribution in [2.75, 3.05) is 43.4 Å². The fourth-order valence-corrected chi connectivity index (χ4v) is 6.06. The summed E-state index contributed by atoms with van der Waals surface area (Å²) < 4.78 is 37.7. The van der Waals surface area contributed by atoms with Gasteiger partial charge in [-0.25, -0.2) is 0 Å². The van der Waals surface area contributed by atoms with Crippen LogP contribution >= 0.6 is 11.8 Å². The van der Waals surface area contributed by atoms with Crippen LogP contribution in [0.25, 0.3) is 0 Å². The lowest BCUT2D eigenvalue weighted by molar-refractivity contribution is -0.132. The third-order valence-electron chi connectivity index (χ3n) is 7.81. The van der Waals surface area contributed by atoms with Crippen molar-refractivity contribution < 1.29 is 18.0 Å². The maximum absolute atomic E-state index is 12.9. The smallest absolute Gasteiger partial charge is 0.382 e. The highest BCUT2D eigenvalue weighted by Gasteiger charge is 2.29. The van der Waals surface area contributed by atoms with Crippen LogP contribution in [-0.2, 0) is 10.2 Å². The number of carbonyl (C=O) groups excluding carboxylic acids is 1. The Labute approximate surface area is 241 Å². The lowest BCUT2D eigenvalue weighted by Gasteiger charge is -2.35. The second-order valence-corrected chi connectivity index (χ2v) is 13.2. The van der Waals surface area contributed by atoms with E-state index in [1.54, 1.807) is 12.1 Å². The number of amides is 1. The van der Waals surface area contributed by atoms with E-state index in [9.17, 15) is 18.0 Å². The number of thioether (sulfide) groups is 1. The summed E-state index contributed by atoms with van der Waals surface area (Å²) >= 11 is -0.109. The highest BCUT2D eigenvalue weighted by molar-refractivity contribution is 8.00. The number of halogens is 3. The molecular formula is C31H43F3N4OS. The Morgan fingerprint density at radius 3 is 2.08 bits per heavy atom. The maximum Gasteiger partial charge on any atom is 0.446 e. The number of nitrogens with one attached hydrogen (secondary N) is 2. The second kappa shape index (κ2) is 13.5. The molecular weight excluding hydrogens is 533 g/mol. The summed E-state index contributed by atoms with van der Waals surface area (Å²) in [5, 5.41) is 7.09. The number of anilines is 2. The van der Waals surface area contributed by atoms with Gasteiger partial charge in [0.15, 0.2) is 0 Å². The summed E-state index contributed by atoms with van der Waals surface area (Å²) in [6.07, 6.45) is 5.47. The minimum Gasteiger partial charge on any atom is -0.382 e. The Kier molecular flexibility index (Phi) is 10.3. The summed E-state index contributed by atoms with van der Waals surface area (Å²) in [5.41, 5.74) is -0.814. The van der Waals surface area contributed by atoms with E-state index in [0.29, 0.717) is 19.0 Å². The molecule has 5 nitrogen and oxygen atoms in total. The highest BCUT2D eigenvalue weighted by Crippen LogP contribution is 2.37. The SMILES string of the molecule is CC(C)(C)c1ccc(NC2CCN(CCCC(=O)N3CCCC(Nc4ccc(SC(F)(F)F)cc4)C3)CC2)cc1. The molecule has 1 unspecified atom stereocenters. The van der Waals surface area contributed by atoms with Crippen LogP contribution in [0.5, 0.6) is 0 Å². The fourth-order valence-electron chi connectivity index (χ4n) is 5.53. The van der Waals surface area contributed by atoms with Crippen molar-refractivity contribution in [1.29, 1.82) is 0 Å². The number of rotatable bonds is 9. The first kappa shape index (κ1) is 30.6. The predicted octanol–water partition coefficient (Wildman–Crippen LogP) is 7.36. The maximum atomic E-state index is 12.9. The van der Waals surface area contributed by atoms with Crippen molar-refractivity contribution >= 4 is 29.0 Å². The number of likely N-dealkylation sites (tertiary alicyclic amines) is 2. The molecule has 2 aromatic carbocycles. The van der Waals surface area contributed by atoms with Crippen molar-refractivity contribution in [3.05, 3.63) is 54.1 Å². The minimum absolute atomic E-state index is 0.106. The molecule has 40 heavy (non-hydrogen) atoms. The summed E-state index contributed by atoms with van der Waals surface area (Å²) in [7, 11) is 0. The third kappa shape index (κ3) is 9.61. The summed E-state index contributed by atoms with van der Waals surface area (Å²) in [5.74, 6) is 0.193. The van der Waals surface area contributed by atoms with Gasteiger partial charge in [-0.15, -0.1) is 0 Å². The molecule has 0 radical (unpaired) electrons. The van der Waals surface area contributed by atoms with E-state index in [1.807, 2.05) is 4.90 Å². The van der Waals surface area contributed by atoms with Crippen LogP contribution in [0, 0.1) is 0 Å². The van der Waals surface area contributed by atoms with Crippen LogP contribution in [0.3, 0.4) is 0 Å².